The highest BCUT2D eigenvalue weighted by Gasteiger charge is 2.26. The van der Waals surface area contributed by atoms with E-state index in [1.165, 1.54) is 24.3 Å². The number of sulfonamides is 1. The van der Waals surface area contributed by atoms with Gasteiger partial charge in [0.1, 0.15) is 6.54 Å². The Morgan fingerprint density at radius 3 is 2.09 bits per heavy atom. The molecule has 2 aromatic rings. The van der Waals surface area contributed by atoms with Gasteiger partial charge in [0.15, 0.2) is 0 Å². The van der Waals surface area contributed by atoms with Crippen molar-refractivity contribution in [2.24, 2.45) is 0 Å². The van der Waals surface area contributed by atoms with Crippen molar-refractivity contribution in [1.29, 1.82) is 0 Å². The molecule has 0 aliphatic rings. The van der Waals surface area contributed by atoms with Gasteiger partial charge in [0.25, 0.3) is 10.0 Å². The molecular formula is C14H10BrCl2NO3S. The van der Waals surface area contributed by atoms with E-state index in [1.807, 2.05) is 0 Å². The van der Waals surface area contributed by atoms with Crippen molar-refractivity contribution >= 4 is 60.1 Å². The van der Waals surface area contributed by atoms with Gasteiger partial charge in [-0.25, -0.2) is 8.42 Å². The molecule has 0 unspecified atom stereocenters. The third-order valence-electron chi connectivity index (χ3n) is 2.78. The van der Waals surface area contributed by atoms with Crippen molar-refractivity contribution < 1.29 is 13.2 Å². The minimum Gasteiger partial charge on any atom is -0.279 e. The van der Waals surface area contributed by atoms with Crippen molar-refractivity contribution in [1.82, 2.24) is 0 Å². The third-order valence-corrected chi connectivity index (χ3v) is 5.47. The molecule has 8 heteroatoms. The molecule has 0 amide bonds. The van der Waals surface area contributed by atoms with Crippen molar-refractivity contribution in [2.75, 3.05) is 10.8 Å². The van der Waals surface area contributed by atoms with Crippen LogP contribution >= 0.6 is 39.1 Å². The van der Waals surface area contributed by atoms with Crippen LogP contribution in [-0.2, 0) is 14.8 Å². The van der Waals surface area contributed by atoms with Crippen molar-refractivity contribution in [3.05, 3.63) is 58.0 Å². The quantitative estimate of drug-likeness (QED) is 0.682. The summed E-state index contributed by atoms with van der Waals surface area (Å²) in [4.78, 5) is 11.3. The van der Waals surface area contributed by atoms with Gasteiger partial charge in [0, 0.05) is 9.50 Å². The first-order valence-electron chi connectivity index (χ1n) is 6.03. The first-order valence-corrected chi connectivity index (χ1v) is 9.02. The summed E-state index contributed by atoms with van der Waals surface area (Å²) in [6.07, 6.45) is 0. The maximum Gasteiger partial charge on any atom is 0.264 e. The molecule has 22 heavy (non-hydrogen) atoms. The fraction of sp³-hybridized carbons (Fsp3) is 0.0714. The molecule has 0 heterocycles. The van der Waals surface area contributed by atoms with Gasteiger partial charge >= 0.3 is 0 Å². The van der Waals surface area contributed by atoms with E-state index in [9.17, 15) is 13.2 Å². The molecule has 2 aromatic carbocycles. The van der Waals surface area contributed by atoms with E-state index >= 15 is 0 Å². The van der Waals surface area contributed by atoms with E-state index in [2.05, 4.69) is 15.9 Å². The maximum atomic E-state index is 12.7. The zero-order valence-electron chi connectivity index (χ0n) is 11.0. The second-order valence-corrected chi connectivity index (χ2v) is 7.93. The highest BCUT2D eigenvalue weighted by molar-refractivity contribution is 9.10. The predicted octanol–water partition coefficient (Wildman–Crippen LogP) is 4.06. The van der Waals surface area contributed by atoms with Crippen LogP contribution in [0.1, 0.15) is 0 Å². The third kappa shape index (κ3) is 4.01. The number of rotatable bonds is 5. The predicted molar refractivity (Wildman–Crippen MR) is 91.0 cm³/mol. The Morgan fingerprint density at radius 1 is 1.05 bits per heavy atom. The van der Waals surface area contributed by atoms with Gasteiger partial charge in [0.2, 0.25) is 5.24 Å². The summed E-state index contributed by atoms with van der Waals surface area (Å²) >= 11 is 14.4. The summed E-state index contributed by atoms with van der Waals surface area (Å²) in [5.41, 5.74) is 0.307. The second-order valence-electron chi connectivity index (χ2n) is 4.30. The monoisotopic (exact) mass is 421 g/mol. The molecule has 0 fully saturated rings. The Labute approximate surface area is 146 Å². The standard InChI is InChI=1S/C14H10BrCl2NO3S/c15-10-1-7-13(8-2-10)22(20,21)18(9-14(17)19)12-5-3-11(16)4-6-12/h1-8H,9H2. The van der Waals surface area contributed by atoms with Crippen molar-refractivity contribution in [3.8, 4) is 0 Å². The molecule has 2 rings (SSSR count). The minimum absolute atomic E-state index is 0.0589. The highest BCUT2D eigenvalue weighted by Crippen LogP contribution is 2.26. The molecule has 0 saturated carbocycles. The van der Waals surface area contributed by atoms with Crippen LogP contribution in [0.15, 0.2) is 57.9 Å². The van der Waals surface area contributed by atoms with Gasteiger partial charge in [-0.3, -0.25) is 9.10 Å². The number of nitrogens with zero attached hydrogens (tertiary/aromatic N) is 1. The summed E-state index contributed by atoms with van der Waals surface area (Å²) in [6, 6.07) is 12.2. The number of benzene rings is 2. The summed E-state index contributed by atoms with van der Waals surface area (Å²) in [6.45, 7) is -0.471. The van der Waals surface area contributed by atoms with E-state index in [1.54, 1.807) is 24.3 Å². The molecule has 0 bridgehead atoms. The van der Waals surface area contributed by atoms with Crippen LogP contribution in [0.5, 0.6) is 0 Å². The van der Waals surface area contributed by atoms with Crippen molar-refractivity contribution in [2.45, 2.75) is 4.90 Å². The van der Waals surface area contributed by atoms with Crippen LogP contribution in [0.4, 0.5) is 5.69 Å². The Balaban J connectivity index is 2.50. The van der Waals surface area contributed by atoms with Gasteiger partial charge in [0.05, 0.1) is 10.6 Å². The molecule has 4 nitrogen and oxygen atoms in total. The van der Waals surface area contributed by atoms with Crippen molar-refractivity contribution in [3.63, 3.8) is 0 Å². The SMILES string of the molecule is O=C(Cl)CN(c1ccc(Cl)cc1)S(=O)(=O)c1ccc(Br)cc1. The molecule has 116 valence electrons. The van der Waals surface area contributed by atoms with E-state index in [4.69, 9.17) is 23.2 Å². The minimum atomic E-state index is -3.91. The average Bonchev–Trinajstić information content (AvgIpc) is 2.46. The number of carbonyl (C=O) groups excluding carboxylic acids is 1. The van der Waals surface area contributed by atoms with Gasteiger partial charge < -0.3 is 0 Å². The first kappa shape index (κ1) is 17.3. The molecular weight excluding hydrogens is 413 g/mol. The number of carbonyl (C=O) groups is 1. The lowest BCUT2D eigenvalue weighted by atomic mass is 10.3. The Bertz CT molecular complexity index is 777. The lowest BCUT2D eigenvalue weighted by Gasteiger charge is -2.23. The smallest absolute Gasteiger partial charge is 0.264 e. The van der Waals surface area contributed by atoms with Gasteiger partial charge in [-0.05, 0) is 60.1 Å². The number of hydrogen-bond donors (Lipinski definition) is 0. The largest absolute Gasteiger partial charge is 0.279 e. The fourth-order valence-electron chi connectivity index (χ4n) is 1.77. The van der Waals surface area contributed by atoms with E-state index in [0.29, 0.717) is 10.7 Å². The summed E-state index contributed by atoms with van der Waals surface area (Å²) < 4.78 is 27.2. The lowest BCUT2D eigenvalue weighted by molar-refractivity contribution is -0.110. The molecule has 0 aromatic heterocycles. The first-order chi connectivity index (χ1) is 10.3. The van der Waals surface area contributed by atoms with Crippen LogP contribution in [0.25, 0.3) is 0 Å². The van der Waals surface area contributed by atoms with Gasteiger partial charge in [-0.15, -0.1) is 0 Å². The highest BCUT2D eigenvalue weighted by atomic mass is 79.9. The van der Waals surface area contributed by atoms with E-state index in [0.717, 1.165) is 8.78 Å². The van der Waals surface area contributed by atoms with Crippen LogP contribution in [0.2, 0.25) is 5.02 Å². The average molecular weight is 423 g/mol. The topological polar surface area (TPSA) is 54.5 Å². The Kier molecular flexibility index (Phi) is 5.50. The van der Waals surface area contributed by atoms with Gasteiger partial charge in [-0.2, -0.15) is 0 Å². The molecule has 0 aliphatic carbocycles. The summed E-state index contributed by atoms with van der Waals surface area (Å²) in [7, 11) is -3.91. The van der Waals surface area contributed by atoms with E-state index < -0.39 is 21.8 Å². The van der Waals surface area contributed by atoms with Gasteiger partial charge in [-0.1, -0.05) is 27.5 Å². The zero-order chi connectivity index (χ0) is 16.3. The normalized spacial score (nSPS) is 11.2. The summed E-state index contributed by atoms with van der Waals surface area (Å²) in [5, 5.41) is -0.322. The zero-order valence-corrected chi connectivity index (χ0v) is 15.0. The molecule has 0 spiro atoms. The van der Waals surface area contributed by atoms with Crippen LogP contribution < -0.4 is 4.31 Å². The van der Waals surface area contributed by atoms with E-state index in [-0.39, 0.29) is 4.90 Å². The maximum absolute atomic E-state index is 12.7. The lowest BCUT2D eigenvalue weighted by Crippen LogP contribution is -2.34. The molecule has 0 atom stereocenters. The fourth-order valence-corrected chi connectivity index (χ4v) is 3.77. The van der Waals surface area contributed by atoms with Crippen LogP contribution in [0.3, 0.4) is 0 Å². The Hall–Kier alpha value is -1.08. The number of anilines is 1. The number of halogens is 3. The second kappa shape index (κ2) is 7.00. The van der Waals surface area contributed by atoms with Crippen LogP contribution in [-0.4, -0.2) is 20.2 Å². The Morgan fingerprint density at radius 2 is 1.59 bits per heavy atom. The number of hydrogen-bond acceptors (Lipinski definition) is 3. The summed E-state index contributed by atoms with van der Waals surface area (Å²) in [5.74, 6) is 0. The molecule has 0 radical (unpaired) electrons. The molecule has 0 aliphatic heterocycles. The van der Waals surface area contributed by atoms with Crippen LogP contribution in [0, 0.1) is 0 Å². The molecule has 0 N–H and O–H groups in total. The molecule has 0 saturated heterocycles.